The van der Waals surface area contributed by atoms with Crippen molar-refractivity contribution < 1.29 is 19.5 Å². The van der Waals surface area contributed by atoms with Gasteiger partial charge in [0.25, 0.3) is 5.91 Å². The Bertz CT molecular complexity index is 755. The largest absolute Gasteiger partial charge is 0.480 e. The minimum absolute atomic E-state index is 0.0973. The van der Waals surface area contributed by atoms with Crippen LogP contribution in [0.25, 0.3) is 6.08 Å². The predicted octanol–water partition coefficient (Wildman–Crippen LogP) is 1.58. The number of benzene rings is 1. The van der Waals surface area contributed by atoms with Crippen LogP contribution in [-0.4, -0.2) is 34.8 Å². The van der Waals surface area contributed by atoms with E-state index in [4.69, 9.17) is 10.8 Å². The van der Waals surface area contributed by atoms with E-state index in [9.17, 15) is 19.6 Å². The van der Waals surface area contributed by atoms with Crippen LogP contribution in [0.3, 0.4) is 0 Å². The lowest BCUT2D eigenvalue weighted by atomic mass is 10.00. The van der Waals surface area contributed by atoms with E-state index in [2.05, 4.69) is 0 Å². The molecule has 1 aromatic carbocycles. The number of nitrogen functional groups attached to an aromatic ring is 1. The van der Waals surface area contributed by atoms with Crippen molar-refractivity contribution in [3.63, 3.8) is 0 Å². The van der Waals surface area contributed by atoms with Gasteiger partial charge in [-0.1, -0.05) is 18.2 Å². The minimum Gasteiger partial charge on any atom is -0.480 e. The van der Waals surface area contributed by atoms with Gasteiger partial charge in [-0.25, -0.2) is 0 Å². The van der Waals surface area contributed by atoms with Gasteiger partial charge in [-0.2, -0.15) is 5.26 Å². The second kappa shape index (κ2) is 8.29. The number of carbonyl (C=O) groups excluding carboxylic acids is 2. The molecule has 124 valence electrons. The first-order chi connectivity index (χ1) is 11.3. The van der Waals surface area contributed by atoms with E-state index < -0.39 is 18.4 Å². The van der Waals surface area contributed by atoms with Crippen molar-refractivity contribution in [3.8, 4) is 6.07 Å². The van der Waals surface area contributed by atoms with Crippen molar-refractivity contribution in [3.05, 3.63) is 46.5 Å². The molecule has 0 aromatic heterocycles. The molecule has 0 saturated carbocycles. The number of carbonyl (C=O) groups is 3. The Morgan fingerprint density at radius 2 is 1.88 bits per heavy atom. The summed E-state index contributed by atoms with van der Waals surface area (Å²) in [5.74, 6) is -2.29. The fraction of sp³-hybridized carbons (Fsp3) is 0.176. The average molecular weight is 327 g/mol. The number of carboxylic acids is 1. The van der Waals surface area contributed by atoms with Gasteiger partial charge < -0.3 is 10.8 Å². The average Bonchev–Trinajstić information content (AvgIpc) is 2.54. The lowest BCUT2D eigenvalue weighted by Gasteiger charge is -2.14. The zero-order chi connectivity index (χ0) is 18.3. The van der Waals surface area contributed by atoms with Crippen LogP contribution in [0, 0.1) is 11.3 Å². The van der Waals surface area contributed by atoms with Crippen LogP contribution < -0.4 is 5.73 Å². The third-order valence-electron chi connectivity index (χ3n) is 3.31. The van der Waals surface area contributed by atoms with Gasteiger partial charge in [-0.3, -0.25) is 19.3 Å². The number of nitriles is 1. The molecule has 2 amide bonds. The molecule has 0 aliphatic rings. The summed E-state index contributed by atoms with van der Waals surface area (Å²) in [4.78, 5) is 34.2. The summed E-state index contributed by atoms with van der Waals surface area (Å²) >= 11 is 0. The molecule has 0 aliphatic carbocycles. The van der Waals surface area contributed by atoms with Crippen molar-refractivity contribution in [2.45, 2.75) is 13.8 Å². The number of hydrogen-bond acceptors (Lipinski definition) is 5. The summed E-state index contributed by atoms with van der Waals surface area (Å²) in [6.45, 7) is 2.46. The van der Waals surface area contributed by atoms with E-state index in [1.54, 1.807) is 50.3 Å². The van der Waals surface area contributed by atoms with Crippen LogP contribution in [0.2, 0.25) is 0 Å². The van der Waals surface area contributed by atoms with Crippen LogP contribution in [0.15, 0.2) is 41.0 Å². The topological polar surface area (TPSA) is 124 Å². The van der Waals surface area contributed by atoms with Gasteiger partial charge >= 0.3 is 5.97 Å². The molecule has 7 nitrogen and oxygen atoms in total. The van der Waals surface area contributed by atoms with Crippen LogP contribution in [0.4, 0.5) is 5.69 Å². The van der Waals surface area contributed by atoms with Crippen LogP contribution in [0.1, 0.15) is 19.4 Å². The van der Waals surface area contributed by atoms with Gasteiger partial charge in [0.2, 0.25) is 6.41 Å². The molecule has 24 heavy (non-hydrogen) atoms. The molecule has 0 spiro atoms. The van der Waals surface area contributed by atoms with Gasteiger partial charge in [0.15, 0.2) is 0 Å². The van der Waals surface area contributed by atoms with Gasteiger partial charge in [0.1, 0.15) is 18.2 Å². The molecule has 3 N–H and O–H groups in total. The van der Waals surface area contributed by atoms with E-state index in [1.807, 2.05) is 0 Å². The molecule has 0 heterocycles. The molecule has 0 fully saturated rings. The maximum Gasteiger partial charge on any atom is 0.323 e. The lowest BCUT2D eigenvalue weighted by Crippen LogP contribution is -2.35. The normalized spacial score (nSPS) is 12.0. The molecule has 0 radical (unpaired) electrons. The Hall–Kier alpha value is -3.40. The predicted molar refractivity (Wildman–Crippen MR) is 88.2 cm³/mol. The van der Waals surface area contributed by atoms with E-state index >= 15 is 0 Å². The zero-order valence-corrected chi connectivity index (χ0v) is 13.3. The van der Waals surface area contributed by atoms with Gasteiger partial charge in [0.05, 0.1) is 0 Å². The number of anilines is 1. The van der Waals surface area contributed by atoms with Crippen LogP contribution >= 0.6 is 0 Å². The highest BCUT2D eigenvalue weighted by atomic mass is 16.4. The highest BCUT2D eigenvalue weighted by Gasteiger charge is 2.22. The van der Waals surface area contributed by atoms with Crippen LogP contribution in [0.5, 0.6) is 0 Å². The first kappa shape index (κ1) is 18.6. The molecular formula is C17H17N3O4. The molecule has 0 unspecified atom stereocenters. The van der Waals surface area contributed by atoms with Gasteiger partial charge in [0, 0.05) is 5.69 Å². The Kier molecular flexibility index (Phi) is 6.44. The number of allylic oxidation sites excluding steroid dienone is 2. The molecule has 0 bridgehead atoms. The number of hydrogen-bond donors (Lipinski definition) is 2. The first-order valence-corrected chi connectivity index (χ1v) is 6.93. The van der Waals surface area contributed by atoms with E-state index in [0.717, 1.165) is 5.56 Å². The summed E-state index contributed by atoms with van der Waals surface area (Å²) in [5.41, 5.74) is 7.75. The smallest absolute Gasteiger partial charge is 0.323 e. The molecule has 0 saturated heterocycles. The van der Waals surface area contributed by atoms with Crippen molar-refractivity contribution in [2.24, 2.45) is 0 Å². The third kappa shape index (κ3) is 4.81. The highest BCUT2D eigenvalue weighted by Crippen LogP contribution is 2.19. The number of amides is 2. The molecule has 7 heteroatoms. The van der Waals surface area contributed by atoms with Gasteiger partial charge in [-0.05, 0) is 42.7 Å². The second-order valence-electron chi connectivity index (χ2n) is 5.04. The van der Waals surface area contributed by atoms with Crippen LogP contribution in [-0.2, 0) is 14.4 Å². The molecule has 0 aliphatic heterocycles. The summed E-state index contributed by atoms with van der Waals surface area (Å²) in [6.07, 6.45) is 1.85. The number of imide groups is 1. The Balaban J connectivity index is 3.20. The molecular weight excluding hydrogens is 310 g/mol. The Morgan fingerprint density at radius 1 is 1.29 bits per heavy atom. The summed E-state index contributed by atoms with van der Waals surface area (Å²) < 4.78 is 0. The van der Waals surface area contributed by atoms with E-state index in [1.165, 1.54) is 0 Å². The lowest BCUT2D eigenvalue weighted by molar-refractivity contribution is -0.146. The summed E-state index contributed by atoms with van der Waals surface area (Å²) in [7, 11) is 0. The SMILES string of the molecule is CC(=C(\C#N)C(=O)N(C=O)CC(=O)O)/C(C)=C/c1ccc(N)cc1. The number of nitrogens with zero attached hydrogens (tertiary/aromatic N) is 2. The second-order valence-corrected chi connectivity index (χ2v) is 5.04. The third-order valence-corrected chi connectivity index (χ3v) is 3.31. The van der Waals surface area contributed by atoms with E-state index in [0.29, 0.717) is 21.7 Å². The number of rotatable bonds is 6. The zero-order valence-electron chi connectivity index (χ0n) is 13.3. The van der Waals surface area contributed by atoms with Crippen molar-refractivity contribution in [1.82, 2.24) is 4.90 Å². The number of nitrogens with two attached hydrogens (primary N) is 1. The Labute approximate surface area is 139 Å². The fourth-order valence-corrected chi connectivity index (χ4v) is 1.89. The van der Waals surface area contributed by atoms with Crippen molar-refractivity contribution in [2.75, 3.05) is 12.3 Å². The van der Waals surface area contributed by atoms with Crippen molar-refractivity contribution in [1.29, 1.82) is 5.26 Å². The standard InChI is InChI=1S/C17H17N3O4/c1-11(7-13-3-5-14(19)6-4-13)12(2)15(8-18)17(24)20(10-21)9-16(22)23/h3-7,10H,9,19H2,1-2H3,(H,22,23)/b11-7+,15-12-. The Morgan fingerprint density at radius 3 is 2.33 bits per heavy atom. The quantitative estimate of drug-likeness (QED) is 0.269. The molecule has 0 atom stereocenters. The maximum absolute atomic E-state index is 12.2. The maximum atomic E-state index is 12.2. The fourth-order valence-electron chi connectivity index (χ4n) is 1.89. The summed E-state index contributed by atoms with van der Waals surface area (Å²) in [5, 5.41) is 17.9. The van der Waals surface area contributed by atoms with E-state index in [-0.39, 0.29) is 12.0 Å². The number of carboxylic acid groups (broad SMARTS) is 1. The van der Waals surface area contributed by atoms with Crippen molar-refractivity contribution >= 4 is 30.0 Å². The monoisotopic (exact) mass is 327 g/mol. The molecule has 1 aromatic rings. The van der Waals surface area contributed by atoms with Gasteiger partial charge in [-0.15, -0.1) is 0 Å². The number of aliphatic carboxylic acids is 1. The summed E-state index contributed by atoms with van der Waals surface area (Å²) in [6, 6.07) is 8.74. The molecule has 1 rings (SSSR count). The highest BCUT2D eigenvalue weighted by molar-refractivity contribution is 6.05. The minimum atomic E-state index is -1.35. The first-order valence-electron chi connectivity index (χ1n) is 6.93.